The normalized spacial score (nSPS) is 10.6. The van der Waals surface area contributed by atoms with Crippen molar-refractivity contribution in [1.82, 2.24) is 15.1 Å². The zero-order valence-corrected chi connectivity index (χ0v) is 12.7. The maximum absolute atomic E-state index is 13.1. The van der Waals surface area contributed by atoms with Crippen molar-refractivity contribution in [3.8, 4) is 0 Å². The van der Waals surface area contributed by atoms with E-state index >= 15 is 0 Å². The first-order valence-corrected chi connectivity index (χ1v) is 7.40. The van der Waals surface area contributed by atoms with Crippen molar-refractivity contribution in [3.05, 3.63) is 89.2 Å². The molecule has 122 valence electrons. The summed E-state index contributed by atoms with van der Waals surface area (Å²) >= 11 is 0. The van der Waals surface area contributed by atoms with E-state index in [1.54, 1.807) is 10.9 Å². The monoisotopic (exact) mass is 327 g/mol. The molecule has 1 aromatic heterocycles. The molecular weight excluding hydrogens is 312 g/mol. The van der Waals surface area contributed by atoms with E-state index in [1.807, 2.05) is 36.5 Å². The number of amides is 1. The maximum atomic E-state index is 13.1. The first kappa shape index (κ1) is 15.9. The van der Waals surface area contributed by atoms with Crippen LogP contribution in [0.2, 0.25) is 0 Å². The highest BCUT2D eigenvalue weighted by Crippen LogP contribution is 2.09. The number of carbonyl (C=O) groups excluding carboxylic acids is 1. The number of rotatable bonds is 5. The highest BCUT2D eigenvalue weighted by atomic mass is 19.1. The predicted molar refractivity (Wildman–Crippen MR) is 85.3 cm³/mol. The Kier molecular flexibility index (Phi) is 4.65. The van der Waals surface area contributed by atoms with E-state index in [1.165, 1.54) is 0 Å². The van der Waals surface area contributed by atoms with Crippen molar-refractivity contribution in [2.75, 3.05) is 0 Å². The van der Waals surface area contributed by atoms with Gasteiger partial charge in [0.15, 0.2) is 0 Å². The average molecular weight is 327 g/mol. The lowest BCUT2D eigenvalue weighted by atomic mass is 10.2. The number of hydrogen-bond acceptors (Lipinski definition) is 2. The molecule has 6 heteroatoms. The zero-order chi connectivity index (χ0) is 16.9. The Morgan fingerprint density at radius 2 is 1.75 bits per heavy atom. The highest BCUT2D eigenvalue weighted by molar-refractivity contribution is 5.94. The molecule has 0 atom stereocenters. The molecule has 1 amide bonds. The van der Waals surface area contributed by atoms with Crippen LogP contribution in [0, 0.1) is 11.6 Å². The fraction of sp³-hybridized carbons (Fsp3) is 0.111. The van der Waals surface area contributed by atoms with Gasteiger partial charge in [0.2, 0.25) is 0 Å². The van der Waals surface area contributed by atoms with Crippen molar-refractivity contribution in [2.24, 2.45) is 0 Å². The van der Waals surface area contributed by atoms with Crippen LogP contribution in [0.3, 0.4) is 0 Å². The summed E-state index contributed by atoms with van der Waals surface area (Å²) in [6.07, 6.45) is 3.47. The average Bonchev–Trinajstić information content (AvgIpc) is 3.00. The van der Waals surface area contributed by atoms with Gasteiger partial charge in [-0.2, -0.15) is 5.10 Å². The van der Waals surface area contributed by atoms with E-state index in [2.05, 4.69) is 10.4 Å². The van der Waals surface area contributed by atoms with E-state index in [4.69, 9.17) is 0 Å². The number of halogens is 2. The van der Waals surface area contributed by atoms with Crippen molar-refractivity contribution in [3.63, 3.8) is 0 Å². The van der Waals surface area contributed by atoms with Gasteiger partial charge in [-0.3, -0.25) is 9.48 Å². The first-order valence-electron chi connectivity index (χ1n) is 7.40. The minimum Gasteiger partial charge on any atom is -0.348 e. The Morgan fingerprint density at radius 1 is 1.04 bits per heavy atom. The van der Waals surface area contributed by atoms with Gasteiger partial charge in [0, 0.05) is 29.9 Å². The van der Waals surface area contributed by atoms with Crippen LogP contribution in [0.1, 0.15) is 21.5 Å². The van der Waals surface area contributed by atoms with E-state index in [-0.39, 0.29) is 12.1 Å². The molecule has 0 aliphatic carbocycles. The summed E-state index contributed by atoms with van der Waals surface area (Å²) in [5, 5.41) is 6.86. The van der Waals surface area contributed by atoms with Gasteiger partial charge in [-0.05, 0) is 17.7 Å². The number of aromatic nitrogens is 2. The quantitative estimate of drug-likeness (QED) is 0.782. The molecule has 24 heavy (non-hydrogen) atoms. The van der Waals surface area contributed by atoms with Crippen molar-refractivity contribution in [1.29, 1.82) is 0 Å². The van der Waals surface area contributed by atoms with Crippen molar-refractivity contribution >= 4 is 5.91 Å². The number of hydrogen-bond donors (Lipinski definition) is 1. The molecule has 0 radical (unpaired) electrons. The number of nitrogens with one attached hydrogen (secondary N) is 1. The van der Waals surface area contributed by atoms with Gasteiger partial charge >= 0.3 is 0 Å². The minimum atomic E-state index is -0.782. The Bertz CT molecular complexity index is 826. The molecule has 3 aromatic rings. The van der Waals surface area contributed by atoms with E-state index in [0.29, 0.717) is 6.54 Å². The molecule has 0 unspecified atom stereocenters. The molecule has 0 saturated heterocycles. The fourth-order valence-corrected chi connectivity index (χ4v) is 2.32. The van der Waals surface area contributed by atoms with Crippen LogP contribution in [0.25, 0.3) is 0 Å². The van der Waals surface area contributed by atoms with Gasteiger partial charge < -0.3 is 5.32 Å². The molecule has 1 N–H and O–H groups in total. The van der Waals surface area contributed by atoms with Crippen molar-refractivity contribution in [2.45, 2.75) is 13.1 Å². The van der Waals surface area contributed by atoms with Crippen LogP contribution < -0.4 is 5.32 Å². The van der Waals surface area contributed by atoms with Gasteiger partial charge in [-0.15, -0.1) is 0 Å². The summed E-state index contributed by atoms with van der Waals surface area (Å²) in [5.74, 6) is -2.10. The highest BCUT2D eigenvalue weighted by Gasteiger charge is 2.09. The second kappa shape index (κ2) is 7.04. The fourth-order valence-electron chi connectivity index (χ4n) is 2.32. The Morgan fingerprint density at radius 3 is 2.46 bits per heavy atom. The topological polar surface area (TPSA) is 46.9 Å². The summed E-state index contributed by atoms with van der Waals surface area (Å²) in [4.78, 5) is 11.9. The van der Waals surface area contributed by atoms with Gasteiger partial charge in [0.05, 0.1) is 12.7 Å². The Labute approximate surface area is 137 Å². The summed E-state index contributed by atoms with van der Waals surface area (Å²) in [6, 6.07) is 12.6. The lowest BCUT2D eigenvalue weighted by Crippen LogP contribution is -2.22. The molecule has 0 saturated carbocycles. The van der Waals surface area contributed by atoms with Gasteiger partial charge in [0.25, 0.3) is 5.91 Å². The molecule has 0 spiro atoms. The predicted octanol–water partition coefficient (Wildman–Crippen LogP) is 3.14. The molecule has 0 bridgehead atoms. The third-order valence-electron chi connectivity index (χ3n) is 3.45. The van der Waals surface area contributed by atoms with E-state index in [9.17, 15) is 13.6 Å². The molecule has 0 fully saturated rings. The molecule has 3 rings (SSSR count). The molecule has 0 aliphatic heterocycles. The van der Waals surface area contributed by atoms with Gasteiger partial charge in [-0.25, -0.2) is 8.78 Å². The summed E-state index contributed by atoms with van der Waals surface area (Å²) in [7, 11) is 0. The molecule has 2 aromatic carbocycles. The standard InChI is InChI=1S/C18H15F2N3O/c19-16-6-15(7-17(20)8-16)18(24)21-9-14-10-22-23(12-14)11-13-4-2-1-3-5-13/h1-8,10,12H,9,11H2,(H,21,24). The van der Waals surface area contributed by atoms with Gasteiger partial charge in [0.1, 0.15) is 11.6 Å². The third kappa shape index (κ3) is 4.04. The largest absolute Gasteiger partial charge is 0.348 e. The number of benzene rings is 2. The lowest BCUT2D eigenvalue weighted by molar-refractivity contribution is 0.0950. The summed E-state index contributed by atoms with van der Waals surface area (Å²) in [6.45, 7) is 0.857. The van der Waals surface area contributed by atoms with Crippen LogP contribution in [0.5, 0.6) is 0 Å². The Balaban J connectivity index is 1.60. The molecule has 1 heterocycles. The molecule has 0 aliphatic rings. The first-order chi connectivity index (χ1) is 11.6. The second-order valence-corrected chi connectivity index (χ2v) is 5.37. The van der Waals surface area contributed by atoms with Crippen LogP contribution in [0.15, 0.2) is 60.9 Å². The smallest absolute Gasteiger partial charge is 0.251 e. The molecular formula is C18H15F2N3O. The number of carbonyl (C=O) groups is 1. The van der Waals surface area contributed by atoms with Crippen LogP contribution in [-0.2, 0) is 13.1 Å². The third-order valence-corrected chi connectivity index (χ3v) is 3.45. The van der Waals surface area contributed by atoms with Crippen LogP contribution in [0.4, 0.5) is 8.78 Å². The summed E-state index contributed by atoms with van der Waals surface area (Å²) in [5.41, 5.74) is 1.87. The second-order valence-electron chi connectivity index (χ2n) is 5.37. The Hall–Kier alpha value is -3.02. The lowest BCUT2D eigenvalue weighted by Gasteiger charge is -2.04. The van der Waals surface area contributed by atoms with E-state index in [0.717, 1.165) is 29.3 Å². The number of nitrogens with zero attached hydrogens (tertiary/aromatic N) is 2. The van der Waals surface area contributed by atoms with Crippen LogP contribution >= 0.6 is 0 Å². The maximum Gasteiger partial charge on any atom is 0.251 e. The molecule has 4 nitrogen and oxygen atoms in total. The summed E-state index contributed by atoms with van der Waals surface area (Å²) < 4.78 is 28.0. The van der Waals surface area contributed by atoms with Gasteiger partial charge in [-0.1, -0.05) is 30.3 Å². The minimum absolute atomic E-state index is 0.0517. The SMILES string of the molecule is O=C(NCc1cnn(Cc2ccccc2)c1)c1cc(F)cc(F)c1. The van der Waals surface area contributed by atoms with Crippen LogP contribution in [-0.4, -0.2) is 15.7 Å². The van der Waals surface area contributed by atoms with Crippen molar-refractivity contribution < 1.29 is 13.6 Å². The van der Waals surface area contributed by atoms with E-state index < -0.39 is 17.5 Å². The zero-order valence-electron chi connectivity index (χ0n) is 12.7.